The molecule has 1 atom stereocenters. The number of ether oxygens (including phenoxy) is 1. The van der Waals surface area contributed by atoms with Gasteiger partial charge in [-0.2, -0.15) is 0 Å². The van der Waals surface area contributed by atoms with Gasteiger partial charge in [0.1, 0.15) is 18.5 Å². The summed E-state index contributed by atoms with van der Waals surface area (Å²) in [6, 6.07) is 4.96. The van der Waals surface area contributed by atoms with Crippen molar-refractivity contribution in [2.45, 2.75) is 25.6 Å². The second-order valence-corrected chi connectivity index (χ2v) is 5.67. The highest BCUT2D eigenvalue weighted by atomic mass is 19.1. The highest BCUT2D eigenvalue weighted by molar-refractivity contribution is 5.75. The fraction of sp³-hybridized carbons (Fsp3) is 0.353. The summed E-state index contributed by atoms with van der Waals surface area (Å²) in [5, 5.41) is 9.61. The van der Waals surface area contributed by atoms with E-state index in [0.717, 1.165) is 11.3 Å². The largest absolute Gasteiger partial charge is 0.480 e. The van der Waals surface area contributed by atoms with Crippen molar-refractivity contribution in [1.82, 2.24) is 14.9 Å². The van der Waals surface area contributed by atoms with Gasteiger partial charge in [-0.15, -0.1) is 0 Å². The fourth-order valence-corrected chi connectivity index (χ4v) is 2.98. The molecule has 0 amide bonds. The third-order valence-corrected chi connectivity index (χ3v) is 4.09. The fourth-order valence-electron chi connectivity index (χ4n) is 2.98. The number of benzene rings is 1. The van der Waals surface area contributed by atoms with E-state index in [1.54, 1.807) is 30.3 Å². The van der Waals surface area contributed by atoms with E-state index in [1.807, 2.05) is 0 Å². The van der Waals surface area contributed by atoms with Crippen LogP contribution in [0, 0.1) is 5.82 Å². The minimum absolute atomic E-state index is 0.172. The molecule has 6 nitrogen and oxygen atoms in total. The molecule has 0 saturated heterocycles. The maximum Gasteiger partial charge on any atom is 0.325 e. The molecule has 0 saturated carbocycles. The van der Waals surface area contributed by atoms with E-state index in [2.05, 4.69) is 9.97 Å². The van der Waals surface area contributed by atoms with Crippen molar-refractivity contribution < 1.29 is 19.0 Å². The predicted octanol–water partition coefficient (Wildman–Crippen LogP) is 1.95. The van der Waals surface area contributed by atoms with Crippen LogP contribution in [0.5, 0.6) is 0 Å². The molecule has 7 heteroatoms. The molecule has 1 N–H and O–H groups in total. The van der Waals surface area contributed by atoms with Gasteiger partial charge in [0, 0.05) is 49.6 Å². The van der Waals surface area contributed by atoms with Gasteiger partial charge in [-0.25, -0.2) is 14.4 Å². The van der Waals surface area contributed by atoms with Crippen LogP contribution < -0.4 is 0 Å². The van der Waals surface area contributed by atoms with Crippen LogP contribution in [0.2, 0.25) is 0 Å². The molecule has 1 unspecified atom stereocenters. The van der Waals surface area contributed by atoms with Crippen LogP contribution in [0.1, 0.15) is 28.7 Å². The van der Waals surface area contributed by atoms with Crippen molar-refractivity contribution in [1.29, 1.82) is 0 Å². The molecule has 1 aromatic carbocycles. The molecule has 1 aromatic heterocycles. The van der Waals surface area contributed by atoms with Gasteiger partial charge in [-0.3, -0.25) is 9.69 Å². The van der Waals surface area contributed by atoms with Gasteiger partial charge in [-0.05, 0) is 6.07 Å². The van der Waals surface area contributed by atoms with Gasteiger partial charge < -0.3 is 9.84 Å². The lowest BCUT2D eigenvalue weighted by molar-refractivity contribution is -0.144. The van der Waals surface area contributed by atoms with Crippen molar-refractivity contribution in [3.05, 3.63) is 58.9 Å². The number of rotatable bonds is 5. The zero-order valence-corrected chi connectivity index (χ0v) is 13.3. The van der Waals surface area contributed by atoms with Crippen molar-refractivity contribution in [2.75, 3.05) is 13.7 Å². The number of halogens is 1. The Morgan fingerprint density at radius 2 is 2.25 bits per heavy atom. The average Bonchev–Trinajstić information content (AvgIpc) is 2.57. The van der Waals surface area contributed by atoms with Crippen LogP contribution in [0.3, 0.4) is 0 Å². The lowest BCUT2D eigenvalue weighted by atomic mass is 10.00. The summed E-state index contributed by atoms with van der Waals surface area (Å²) in [5.41, 5.74) is 1.93. The van der Waals surface area contributed by atoms with Gasteiger partial charge in [0.2, 0.25) is 0 Å². The summed E-state index contributed by atoms with van der Waals surface area (Å²) in [5.74, 6) is -0.976. The molecular formula is C17H18FN3O3. The number of fused-ring (bicyclic) bond motifs is 1. The summed E-state index contributed by atoms with van der Waals surface area (Å²) in [4.78, 5) is 22.2. The Labute approximate surface area is 138 Å². The summed E-state index contributed by atoms with van der Waals surface area (Å²) < 4.78 is 19.1. The molecule has 2 aromatic rings. The van der Waals surface area contributed by atoms with Gasteiger partial charge in [0.05, 0.1) is 0 Å². The molecule has 1 aliphatic rings. The average molecular weight is 331 g/mol. The Morgan fingerprint density at radius 3 is 2.96 bits per heavy atom. The van der Waals surface area contributed by atoms with E-state index in [1.165, 1.54) is 12.1 Å². The zero-order valence-electron chi connectivity index (χ0n) is 13.3. The molecular weight excluding hydrogens is 313 g/mol. The highest BCUT2D eigenvalue weighted by Crippen LogP contribution is 2.28. The van der Waals surface area contributed by atoms with Crippen molar-refractivity contribution in [3.8, 4) is 0 Å². The minimum atomic E-state index is -1.07. The molecule has 1 aliphatic heterocycles. The zero-order chi connectivity index (χ0) is 17.1. The molecule has 2 heterocycles. The number of aliphatic carboxylic acids is 1. The van der Waals surface area contributed by atoms with Gasteiger partial charge in [-0.1, -0.05) is 18.2 Å². The van der Waals surface area contributed by atoms with Gasteiger partial charge in [0.15, 0.2) is 5.82 Å². The van der Waals surface area contributed by atoms with E-state index < -0.39 is 17.8 Å². The van der Waals surface area contributed by atoms with Crippen LogP contribution in [0.4, 0.5) is 4.39 Å². The third kappa shape index (κ3) is 3.27. The molecule has 0 aliphatic carbocycles. The Hall–Kier alpha value is -2.38. The smallest absolute Gasteiger partial charge is 0.325 e. The van der Waals surface area contributed by atoms with E-state index in [9.17, 15) is 14.3 Å². The second kappa shape index (κ2) is 7.02. The minimum Gasteiger partial charge on any atom is -0.480 e. The predicted molar refractivity (Wildman–Crippen MR) is 83.6 cm³/mol. The number of carboxylic acid groups (broad SMARTS) is 1. The topological polar surface area (TPSA) is 75.6 Å². The number of methoxy groups -OCH3 is 1. The number of nitrogens with zero attached hydrogens (tertiary/aromatic N) is 3. The normalized spacial score (nSPS) is 15.8. The van der Waals surface area contributed by atoms with Crippen molar-refractivity contribution in [3.63, 3.8) is 0 Å². The molecule has 0 radical (unpaired) electrons. The van der Waals surface area contributed by atoms with E-state index in [-0.39, 0.29) is 5.56 Å². The standard InChI is InChI=1S/C17H18FN3O3/c1-24-10-15-19-8-11-9-21(7-6-14(11)20-15)16(17(22)23)12-4-2-3-5-13(12)18/h2-5,8,16H,6-7,9-10H2,1H3,(H,22,23). The lowest BCUT2D eigenvalue weighted by Gasteiger charge is -2.33. The second-order valence-electron chi connectivity index (χ2n) is 5.67. The number of hydrogen-bond donors (Lipinski definition) is 1. The molecule has 126 valence electrons. The monoisotopic (exact) mass is 331 g/mol. The van der Waals surface area contributed by atoms with Crippen molar-refractivity contribution in [2.24, 2.45) is 0 Å². The van der Waals surface area contributed by atoms with Crippen LogP contribution in [-0.4, -0.2) is 39.6 Å². The van der Waals surface area contributed by atoms with Crippen LogP contribution in [0.15, 0.2) is 30.5 Å². The first-order valence-corrected chi connectivity index (χ1v) is 7.64. The molecule has 0 bridgehead atoms. The van der Waals surface area contributed by atoms with E-state index in [0.29, 0.717) is 31.9 Å². The summed E-state index contributed by atoms with van der Waals surface area (Å²) in [6.07, 6.45) is 2.29. The maximum absolute atomic E-state index is 14.1. The number of carboxylic acids is 1. The van der Waals surface area contributed by atoms with Crippen molar-refractivity contribution >= 4 is 5.97 Å². The van der Waals surface area contributed by atoms with Crippen LogP contribution in [0.25, 0.3) is 0 Å². The first-order valence-electron chi connectivity index (χ1n) is 7.64. The van der Waals surface area contributed by atoms with Gasteiger partial charge >= 0.3 is 5.97 Å². The highest BCUT2D eigenvalue weighted by Gasteiger charge is 2.32. The maximum atomic E-state index is 14.1. The van der Waals surface area contributed by atoms with Gasteiger partial charge in [0.25, 0.3) is 0 Å². The number of carbonyl (C=O) groups is 1. The Morgan fingerprint density at radius 1 is 1.46 bits per heavy atom. The summed E-state index contributed by atoms with van der Waals surface area (Å²) >= 11 is 0. The van der Waals surface area contributed by atoms with E-state index in [4.69, 9.17) is 4.74 Å². The SMILES string of the molecule is COCc1ncc2c(n1)CCN(C(C(=O)O)c1ccccc1F)C2. The summed E-state index contributed by atoms with van der Waals surface area (Å²) in [7, 11) is 1.58. The third-order valence-electron chi connectivity index (χ3n) is 4.09. The first kappa shape index (κ1) is 16.5. The van der Waals surface area contributed by atoms with E-state index >= 15 is 0 Å². The summed E-state index contributed by atoms with van der Waals surface area (Å²) in [6.45, 7) is 1.19. The molecule has 24 heavy (non-hydrogen) atoms. The quantitative estimate of drug-likeness (QED) is 0.902. The van der Waals surface area contributed by atoms with Crippen LogP contribution >= 0.6 is 0 Å². The molecule has 0 spiro atoms. The first-order chi connectivity index (χ1) is 11.6. The number of hydrogen-bond acceptors (Lipinski definition) is 5. The Bertz CT molecular complexity index is 754. The molecule has 3 rings (SSSR count). The molecule has 0 fully saturated rings. The lowest BCUT2D eigenvalue weighted by Crippen LogP contribution is -2.39. The number of aromatic nitrogens is 2. The Kier molecular flexibility index (Phi) is 4.82. The van der Waals surface area contributed by atoms with Crippen LogP contribution in [-0.2, 0) is 29.1 Å². The Balaban J connectivity index is 1.87.